The zero-order valence-corrected chi connectivity index (χ0v) is 12.5. The fourth-order valence-corrected chi connectivity index (χ4v) is 3.03. The maximum Gasteiger partial charge on any atom is 0.233 e. The van der Waals surface area contributed by atoms with E-state index in [0.29, 0.717) is 32.1 Å². The van der Waals surface area contributed by atoms with Gasteiger partial charge in [0.05, 0.1) is 0 Å². The van der Waals surface area contributed by atoms with E-state index < -0.39 is 17.7 Å². The molecule has 2 rings (SSSR count). The molecule has 21 heavy (non-hydrogen) atoms. The van der Waals surface area contributed by atoms with Gasteiger partial charge in [0.2, 0.25) is 5.79 Å². The Morgan fingerprint density at radius 3 is 2.38 bits per heavy atom. The Bertz CT molecular complexity index is 348. The van der Waals surface area contributed by atoms with Gasteiger partial charge in [-0.2, -0.15) is 4.89 Å². The van der Waals surface area contributed by atoms with E-state index in [2.05, 4.69) is 17.0 Å². The van der Waals surface area contributed by atoms with Gasteiger partial charge in [0.15, 0.2) is 6.29 Å². The van der Waals surface area contributed by atoms with Crippen molar-refractivity contribution in [3.05, 3.63) is 12.2 Å². The first kappa shape index (κ1) is 16.9. The Hall–Kier alpha value is -0.500. The summed E-state index contributed by atoms with van der Waals surface area (Å²) in [6.07, 6.45) is 8.14. The van der Waals surface area contributed by atoms with Crippen molar-refractivity contribution in [3.8, 4) is 0 Å². The number of aliphatic hydroxyl groups is 2. The molecule has 0 bridgehead atoms. The third kappa shape index (κ3) is 4.74. The molecular formula is C15H26O6. The summed E-state index contributed by atoms with van der Waals surface area (Å²) in [6, 6.07) is 0. The van der Waals surface area contributed by atoms with Crippen LogP contribution in [0.15, 0.2) is 12.2 Å². The van der Waals surface area contributed by atoms with Crippen LogP contribution in [0.25, 0.3) is 0 Å². The molecule has 6 nitrogen and oxygen atoms in total. The van der Waals surface area contributed by atoms with E-state index in [1.165, 1.54) is 0 Å². The molecule has 0 saturated heterocycles. The Balaban J connectivity index is 1.84. The van der Waals surface area contributed by atoms with E-state index in [1.54, 1.807) is 0 Å². The molecule has 6 heteroatoms. The number of allylic oxidation sites excluding steroid dienone is 1. The second-order valence-corrected chi connectivity index (χ2v) is 6.49. The number of aliphatic hydroxyl groups excluding tert-OH is 1. The minimum atomic E-state index is -1.29. The topological polar surface area (TPSA) is 88.4 Å². The molecular weight excluding hydrogens is 276 g/mol. The van der Waals surface area contributed by atoms with Gasteiger partial charge >= 0.3 is 0 Å². The highest BCUT2D eigenvalue weighted by atomic mass is 17.3. The second kappa shape index (κ2) is 7.17. The van der Waals surface area contributed by atoms with E-state index in [0.717, 1.165) is 19.3 Å². The predicted molar refractivity (Wildman–Crippen MR) is 74.8 cm³/mol. The molecule has 0 aromatic rings. The molecule has 1 fully saturated rings. The molecule has 1 unspecified atom stereocenters. The van der Waals surface area contributed by atoms with Crippen molar-refractivity contribution in [3.63, 3.8) is 0 Å². The monoisotopic (exact) mass is 302 g/mol. The average molecular weight is 302 g/mol. The molecule has 122 valence electrons. The summed E-state index contributed by atoms with van der Waals surface area (Å²) in [5, 5.41) is 27.2. The van der Waals surface area contributed by atoms with Crippen LogP contribution in [0.5, 0.6) is 0 Å². The fraction of sp³-hybridized carbons (Fsp3) is 0.867. The Labute approximate surface area is 125 Å². The summed E-state index contributed by atoms with van der Waals surface area (Å²) in [5.74, 6) is -0.939. The Morgan fingerprint density at radius 2 is 1.86 bits per heavy atom. The van der Waals surface area contributed by atoms with Crippen LogP contribution in [-0.2, 0) is 14.7 Å². The van der Waals surface area contributed by atoms with Gasteiger partial charge in [-0.1, -0.05) is 12.2 Å². The average Bonchev–Trinajstić information content (AvgIpc) is 2.47. The van der Waals surface area contributed by atoms with Crippen LogP contribution in [0.2, 0.25) is 0 Å². The van der Waals surface area contributed by atoms with Crippen molar-refractivity contribution in [1.29, 1.82) is 0 Å². The highest BCUT2D eigenvalue weighted by Crippen LogP contribution is 2.39. The van der Waals surface area contributed by atoms with Gasteiger partial charge in [0.25, 0.3) is 0 Å². The Morgan fingerprint density at radius 1 is 1.14 bits per heavy atom. The van der Waals surface area contributed by atoms with Gasteiger partial charge < -0.3 is 10.2 Å². The lowest BCUT2D eigenvalue weighted by atomic mass is 9.83. The third-order valence-electron chi connectivity index (χ3n) is 4.53. The van der Waals surface area contributed by atoms with E-state index in [9.17, 15) is 5.26 Å². The lowest BCUT2D eigenvalue weighted by Gasteiger charge is -2.39. The summed E-state index contributed by atoms with van der Waals surface area (Å²) < 4.78 is 0. The molecule has 0 heterocycles. The molecule has 0 radical (unpaired) electrons. The summed E-state index contributed by atoms with van der Waals surface area (Å²) in [7, 11) is 0. The van der Waals surface area contributed by atoms with Crippen LogP contribution in [0.3, 0.4) is 0 Å². The highest BCUT2D eigenvalue weighted by Gasteiger charge is 2.42. The van der Waals surface area contributed by atoms with Crippen LogP contribution in [0, 0.1) is 5.92 Å². The van der Waals surface area contributed by atoms with E-state index in [-0.39, 0.29) is 5.92 Å². The standard InChI is InChI=1S/C15H26O6/c1-14(7-3-2-4-8-14)20-21-15(19-18)9-5-12(6-10-15)11-13(16)17/h2-3,12-13,16-18H,4-11H2,1H3. The van der Waals surface area contributed by atoms with Crippen LogP contribution in [-0.4, -0.2) is 33.1 Å². The molecule has 3 N–H and O–H groups in total. The molecule has 0 aromatic carbocycles. The zero-order chi connectivity index (χ0) is 15.3. The molecule has 0 aliphatic heterocycles. The first-order valence-electron chi connectivity index (χ1n) is 7.68. The predicted octanol–water partition coefficient (Wildman–Crippen LogP) is 2.51. The molecule has 1 saturated carbocycles. The van der Waals surface area contributed by atoms with Crippen molar-refractivity contribution < 1.29 is 30.1 Å². The quantitative estimate of drug-likeness (QED) is 0.302. The summed E-state index contributed by atoms with van der Waals surface area (Å²) in [5.41, 5.74) is -0.390. The van der Waals surface area contributed by atoms with E-state index in [1.807, 2.05) is 6.92 Å². The van der Waals surface area contributed by atoms with Crippen molar-refractivity contribution in [2.75, 3.05) is 0 Å². The van der Waals surface area contributed by atoms with E-state index in [4.69, 9.17) is 20.0 Å². The van der Waals surface area contributed by atoms with E-state index >= 15 is 0 Å². The van der Waals surface area contributed by atoms with Crippen LogP contribution >= 0.6 is 0 Å². The largest absolute Gasteiger partial charge is 0.368 e. The Kier molecular flexibility index (Phi) is 5.76. The summed E-state index contributed by atoms with van der Waals surface area (Å²) >= 11 is 0. The first-order valence-corrected chi connectivity index (χ1v) is 7.68. The van der Waals surface area contributed by atoms with Crippen molar-refractivity contribution >= 4 is 0 Å². The minimum Gasteiger partial charge on any atom is -0.368 e. The first-order chi connectivity index (χ1) is 9.97. The SMILES string of the molecule is CC1(OOC2(OO)CCC(CC(O)O)CC2)CC=CCC1. The summed E-state index contributed by atoms with van der Waals surface area (Å²) in [4.78, 5) is 15.6. The molecule has 0 spiro atoms. The number of hydrogen-bond donors (Lipinski definition) is 3. The maximum atomic E-state index is 9.21. The van der Waals surface area contributed by atoms with Crippen molar-refractivity contribution in [2.45, 2.75) is 76.0 Å². The van der Waals surface area contributed by atoms with Crippen LogP contribution in [0.4, 0.5) is 0 Å². The smallest absolute Gasteiger partial charge is 0.233 e. The molecule has 0 amide bonds. The van der Waals surface area contributed by atoms with Crippen molar-refractivity contribution in [1.82, 2.24) is 0 Å². The van der Waals surface area contributed by atoms with Gasteiger partial charge in [-0.3, -0.25) is 0 Å². The molecule has 2 aliphatic rings. The van der Waals surface area contributed by atoms with Gasteiger partial charge in [-0.25, -0.2) is 15.0 Å². The molecule has 2 aliphatic carbocycles. The molecule has 1 atom stereocenters. The third-order valence-corrected chi connectivity index (χ3v) is 4.53. The lowest BCUT2D eigenvalue weighted by molar-refractivity contribution is -0.526. The number of rotatable bonds is 6. The van der Waals surface area contributed by atoms with Crippen LogP contribution < -0.4 is 0 Å². The zero-order valence-electron chi connectivity index (χ0n) is 12.5. The van der Waals surface area contributed by atoms with Crippen LogP contribution in [0.1, 0.15) is 58.3 Å². The van der Waals surface area contributed by atoms with Crippen molar-refractivity contribution in [2.24, 2.45) is 5.92 Å². The second-order valence-electron chi connectivity index (χ2n) is 6.49. The highest BCUT2D eigenvalue weighted by molar-refractivity contribution is 4.96. The summed E-state index contributed by atoms with van der Waals surface area (Å²) in [6.45, 7) is 1.98. The van der Waals surface area contributed by atoms with Gasteiger partial charge in [-0.15, -0.1) is 0 Å². The van der Waals surface area contributed by atoms with Gasteiger partial charge in [0.1, 0.15) is 5.60 Å². The van der Waals surface area contributed by atoms with Gasteiger partial charge in [0, 0.05) is 19.3 Å². The minimum absolute atomic E-state index is 0.199. The number of hydrogen-bond acceptors (Lipinski definition) is 6. The fourth-order valence-electron chi connectivity index (χ4n) is 3.03. The maximum absolute atomic E-state index is 9.21. The van der Waals surface area contributed by atoms with Gasteiger partial charge in [-0.05, 0) is 44.9 Å². The normalized spacial score (nSPS) is 37.1. The molecule has 0 aromatic heterocycles. The lowest BCUT2D eigenvalue weighted by Crippen LogP contribution is -2.43.